The lowest BCUT2D eigenvalue weighted by atomic mass is 10.0. The maximum atomic E-state index is 14.1. The van der Waals surface area contributed by atoms with Crippen molar-refractivity contribution in [3.8, 4) is 0 Å². The van der Waals surface area contributed by atoms with Crippen molar-refractivity contribution >= 4 is 50.7 Å². The molecule has 0 aliphatic carbocycles. The molecule has 0 aromatic heterocycles. The minimum atomic E-state index is -3.95. The highest BCUT2D eigenvalue weighted by molar-refractivity contribution is 7.92. The molecule has 0 saturated carbocycles. The van der Waals surface area contributed by atoms with Gasteiger partial charge in [-0.25, -0.2) is 8.42 Å². The maximum Gasteiger partial charge on any atom is 0.244 e. The fourth-order valence-electron chi connectivity index (χ4n) is 4.25. The highest BCUT2D eigenvalue weighted by Gasteiger charge is 2.34. The number of nitrogens with zero attached hydrogens (tertiary/aromatic N) is 2. The molecule has 40 heavy (non-hydrogen) atoms. The van der Waals surface area contributed by atoms with Gasteiger partial charge in [-0.2, -0.15) is 0 Å². The van der Waals surface area contributed by atoms with Crippen molar-refractivity contribution in [2.75, 3.05) is 17.1 Å². The number of aryl methyl sites for hydroxylation is 1. The number of rotatable bonds is 12. The van der Waals surface area contributed by atoms with E-state index in [1.165, 1.54) is 17.0 Å². The Morgan fingerprint density at radius 2 is 1.60 bits per heavy atom. The van der Waals surface area contributed by atoms with E-state index in [1.54, 1.807) is 6.07 Å². The average Bonchev–Trinajstić information content (AvgIpc) is 2.91. The second-order valence-electron chi connectivity index (χ2n) is 9.81. The molecule has 10 heteroatoms. The number of sulfonamides is 1. The van der Waals surface area contributed by atoms with Crippen LogP contribution >= 0.6 is 23.2 Å². The Balaban J connectivity index is 2.10. The van der Waals surface area contributed by atoms with Crippen molar-refractivity contribution in [2.24, 2.45) is 0 Å². The van der Waals surface area contributed by atoms with Gasteiger partial charge in [-0.1, -0.05) is 90.8 Å². The van der Waals surface area contributed by atoms with E-state index < -0.39 is 28.5 Å². The first-order valence-electron chi connectivity index (χ1n) is 13.0. The Hall–Kier alpha value is -3.07. The highest BCUT2D eigenvalue weighted by Crippen LogP contribution is 2.34. The molecule has 0 aliphatic heterocycles. The quantitative estimate of drug-likeness (QED) is 0.291. The molecule has 0 heterocycles. The Morgan fingerprint density at radius 3 is 2.23 bits per heavy atom. The zero-order chi connectivity index (χ0) is 29.4. The van der Waals surface area contributed by atoms with Crippen LogP contribution in [0, 0.1) is 6.92 Å². The molecule has 0 spiro atoms. The largest absolute Gasteiger partial charge is 0.352 e. The number of halogens is 2. The maximum absolute atomic E-state index is 14.1. The molecule has 0 saturated heterocycles. The van der Waals surface area contributed by atoms with E-state index >= 15 is 0 Å². The first kappa shape index (κ1) is 31.5. The van der Waals surface area contributed by atoms with E-state index in [-0.39, 0.29) is 40.6 Å². The molecular formula is C30H35Cl2N3O4S. The predicted molar refractivity (Wildman–Crippen MR) is 162 cm³/mol. The molecule has 3 rings (SSSR count). The number of hydrogen-bond acceptors (Lipinski definition) is 4. The standard InChI is InChI=1S/C30H35Cl2N3O4S/c1-5-22(3)33-30(37)27(18-23-13-7-6-8-14-23)34(19-24-15-10-9-12-21(24)2)28(36)20-35(40(4,38)39)26-17-11-16-25(31)29(26)32/h6-17,22,27H,5,18-20H2,1-4H3,(H,33,37)/t22-,27-/m1/s1. The summed E-state index contributed by atoms with van der Waals surface area (Å²) in [4.78, 5) is 29.3. The second kappa shape index (κ2) is 14.0. The summed E-state index contributed by atoms with van der Waals surface area (Å²) in [5.74, 6) is -0.864. The number of nitrogens with one attached hydrogen (secondary N) is 1. The van der Waals surface area contributed by atoms with E-state index in [4.69, 9.17) is 23.2 Å². The van der Waals surface area contributed by atoms with E-state index in [0.717, 1.165) is 27.3 Å². The number of hydrogen-bond donors (Lipinski definition) is 1. The van der Waals surface area contributed by atoms with E-state index in [9.17, 15) is 18.0 Å². The van der Waals surface area contributed by atoms with Crippen LogP contribution in [0.4, 0.5) is 5.69 Å². The van der Waals surface area contributed by atoms with Gasteiger partial charge in [0.25, 0.3) is 0 Å². The van der Waals surface area contributed by atoms with Gasteiger partial charge in [0.15, 0.2) is 0 Å². The molecule has 0 fully saturated rings. The topological polar surface area (TPSA) is 86.8 Å². The zero-order valence-electron chi connectivity index (χ0n) is 23.1. The third-order valence-electron chi connectivity index (χ3n) is 6.75. The number of carbonyl (C=O) groups excluding carboxylic acids is 2. The van der Waals surface area contributed by atoms with Gasteiger partial charge in [0, 0.05) is 19.0 Å². The average molecular weight is 605 g/mol. The Bertz CT molecular complexity index is 1430. The molecule has 7 nitrogen and oxygen atoms in total. The van der Waals surface area contributed by atoms with Crippen molar-refractivity contribution in [2.45, 2.75) is 52.2 Å². The van der Waals surface area contributed by atoms with E-state index in [2.05, 4.69) is 5.32 Å². The second-order valence-corrected chi connectivity index (χ2v) is 12.5. The van der Waals surface area contributed by atoms with Crippen LogP contribution in [-0.2, 0) is 32.6 Å². The van der Waals surface area contributed by atoms with Crippen LogP contribution in [0.25, 0.3) is 0 Å². The molecule has 2 atom stereocenters. The van der Waals surface area contributed by atoms with Crippen LogP contribution in [0.15, 0.2) is 72.8 Å². The van der Waals surface area contributed by atoms with Crippen LogP contribution in [0.2, 0.25) is 10.0 Å². The molecule has 214 valence electrons. The minimum Gasteiger partial charge on any atom is -0.352 e. The van der Waals surface area contributed by atoms with Crippen LogP contribution in [0.3, 0.4) is 0 Å². The van der Waals surface area contributed by atoms with Gasteiger partial charge in [0.2, 0.25) is 21.8 Å². The fraction of sp³-hybridized carbons (Fsp3) is 0.333. The Labute approximate surface area is 247 Å². The van der Waals surface area contributed by atoms with E-state index in [0.29, 0.717) is 6.42 Å². The number of amides is 2. The first-order valence-corrected chi connectivity index (χ1v) is 15.6. The van der Waals surface area contributed by atoms with Crippen molar-refractivity contribution in [3.05, 3.63) is 99.5 Å². The van der Waals surface area contributed by atoms with Gasteiger partial charge in [-0.3, -0.25) is 13.9 Å². The normalized spacial score (nSPS) is 12.8. The minimum absolute atomic E-state index is 0.0168. The van der Waals surface area contributed by atoms with Crippen molar-refractivity contribution in [3.63, 3.8) is 0 Å². The van der Waals surface area contributed by atoms with Gasteiger partial charge >= 0.3 is 0 Å². The van der Waals surface area contributed by atoms with Crippen molar-refractivity contribution < 1.29 is 18.0 Å². The van der Waals surface area contributed by atoms with Gasteiger partial charge in [0.05, 0.1) is 22.0 Å². The summed E-state index contributed by atoms with van der Waals surface area (Å²) < 4.78 is 26.8. The monoisotopic (exact) mass is 603 g/mol. The summed E-state index contributed by atoms with van der Waals surface area (Å²) >= 11 is 12.5. The summed E-state index contributed by atoms with van der Waals surface area (Å²) in [7, 11) is -3.95. The zero-order valence-corrected chi connectivity index (χ0v) is 25.4. The van der Waals surface area contributed by atoms with Gasteiger partial charge in [0.1, 0.15) is 12.6 Å². The van der Waals surface area contributed by atoms with Gasteiger partial charge < -0.3 is 10.2 Å². The molecular weight excluding hydrogens is 569 g/mol. The van der Waals surface area contributed by atoms with Crippen LogP contribution in [0.5, 0.6) is 0 Å². The van der Waals surface area contributed by atoms with Gasteiger partial charge in [-0.15, -0.1) is 0 Å². The summed E-state index contributed by atoms with van der Waals surface area (Å²) in [5, 5.41) is 3.19. The summed E-state index contributed by atoms with van der Waals surface area (Å²) in [6.45, 7) is 5.34. The lowest BCUT2D eigenvalue weighted by Gasteiger charge is -2.34. The van der Waals surface area contributed by atoms with Crippen molar-refractivity contribution in [1.82, 2.24) is 10.2 Å². The lowest BCUT2D eigenvalue weighted by Crippen LogP contribution is -2.54. The Kier molecular flexibility index (Phi) is 11.0. The van der Waals surface area contributed by atoms with Crippen LogP contribution in [0.1, 0.15) is 37.0 Å². The molecule has 3 aromatic carbocycles. The fourth-order valence-corrected chi connectivity index (χ4v) is 5.55. The smallest absolute Gasteiger partial charge is 0.244 e. The molecule has 0 unspecified atom stereocenters. The number of anilines is 1. The molecule has 1 N–H and O–H groups in total. The summed E-state index contributed by atoms with van der Waals surface area (Å²) in [6, 6.07) is 20.6. The molecule has 2 amide bonds. The SMILES string of the molecule is CC[C@@H](C)NC(=O)[C@@H](Cc1ccccc1)N(Cc1ccccc1C)C(=O)CN(c1cccc(Cl)c1Cl)S(C)(=O)=O. The third kappa shape index (κ3) is 8.22. The Morgan fingerprint density at radius 1 is 0.950 bits per heavy atom. The predicted octanol–water partition coefficient (Wildman–Crippen LogP) is 5.62. The molecule has 0 radical (unpaired) electrons. The number of carbonyl (C=O) groups is 2. The first-order chi connectivity index (χ1) is 18.9. The van der Waals surface area contributed by atoms with Crippen LogP contribution < -0.4 is 9.62 Å². The third-order valence-corrected chi connectivity index (χ3v) is 8.69. The summed E-state index contributed by atoms with van der Waals surface area (Å²) in [5.41, 5.74) is 2.74. The molecule has 0 aliphatic rings. The number of benzene rings is 3. The van der Waals surface area contributed by atoms with Crippen LogP contribution in [-0.4, -0.2) is 50.0 Å². The van der Waals surface area contributed by atoms with Gasteiger partial charge in [-0.05, 0) is 49.1 Å². The molecule has 3 aromatic rings. The van der Waals surface area contributed by atoms with E-state index in [1.807, 2.05) is 75.4 Å². The molecule has 0 bridgehead atoms. The van der Waals surface area contributed by atoms with Crippen molar-refractivity contribution in [1.29, 1.82) is 0 Å². The highest BCUT2D eigenvalue weighted by atomic mass is 35.5. The lowest BCUT2D eigenvalue weighted by molar-refractivity contribution is -0.140. The summed E-state index contributed by atoms with van der Waals surface area (Å²) in [6.07, 6.45) is 1.96.